The van der Waals surface area contributed by atoms with Gasteiger partial charge < -0.3 is 10.1 Å². The number of ether oxygens (including phenoxy) is 1. The summed E-state index contributed by atoms with van der Waals surface area (Å²) in [6.07, 6.45) is 0.536. The Balaban J connectivity index is 2.76. The lowest BCUT2D eigenvalue weighted by Gasteiger charge is -2.13. The fourth-order valence-corrected chi connectivity index (χ4v) is 3.38. The summed E-state index contributed by atoms with van der Waals surface area (Å²) in [4.78, 5) is 11.0. The molecule has 0 bridgehead atoms. The topological polar surface area (TPSA) is 84.5 Å². The van der Waals surface area contributed by atoms with E-state index in [-0.39, 0.29) is 17.3 Å². The zero-order chi connectivity index (χ0) is 16.8. The number of sulfonamides is 1. The summed E-state index contributed by atoms with van der Waals surface area (Å²) in [5.41, 5.74) is 1.43. The van der Waals surface area contributed by atoms with Crippen molar-refractivity contribution in [2.75, 3.05) is 19.7 Å². The summed E-state index contributed by atoms with van der Waals surface area (Å²) in [6.45, 7) is 8.13. The molecule has 0 radical (unpaired) electrons. The number of rotatable bonds is 8. The molecule has 0 aromatic heterocycles. The van der Waals surface area contributed by atoms with Crippen LogP contribution in [0, 0.1) is 13.8 Å². The number of carbonyl (C=O) groups is 1. The van der Waals surface area contributed by atoms with Crippen molar-refractivity contribution in [3.63, 3.8) is 0 Å². The van der Waals surface area contributed by atoms with Gasteiger partial charge in [-0.15, -0.1) is 0 Å². The van der Waals surface area contributed by atoms with Crippen molar-refractivity contribution in [3.8, 4) is 5.75 Å². The predicted octanol–water partition coefficient (Wildman–Crippen LogP) is 1.51. The van der Waals surface area contributed by atoms with Crippen molar-refractivity contribution in [1.29, 1.82) is 0 Å². The van der Waals surface area contributed by atoms with Crippen molar-refractivity contribution < 1.29 is 17.9 Å². The molecule has 2 N–H and O–H groups in total. The van der Waals surface area contributed by atoms with Gasteiger partial charge in [0.05, 0.1) is 11.5 Å². The summed E-state index contributed by atoms with van der Waals surface area (Å²) in [5.74, 6) is 0.574. The van der Waals surface area contributed by atoms with E-state index in [0.29, 0.717) is 30.9 Å². The van der Waals surface area contributed by atoms with Crippen molar-refractivity contribution in [3.05, 3.63) is 23.3 Å². The lowest BCUT2D eigenvalue weighted by atomic mass is 10.1. The summed E-state index contributed by atoms with van der Waals surface area (Å²) < 4.78 is 32.7. The molecule has 0 spiro atoms. The molecule has 0 heterocycles. The summed E-state index contributed by atoms with van der Waals surface area (Å²) in [6, 6.07) is 3.36. The fourth-order valence-electron chi connectivity index (χ4n) is 2.00. The van der Waals surface area contributed by atoms with Gasteiger partial charge in [-0.25, -0.2) is 13.1 Å². The Labute approximate surface area is 132 Å². The first-order valence-corrected chi connectivity index (χ1v) is 8.74. The van der Waals surface area contributed by atoms with Crippen molar-refractivity contribution in [1.82, 2.24) is 10.0 Å². The Bertz CT molecular complexity index is 627. The molecule has 0 aliphatic rings. The molecule has 0 saturated carbocycles. The van der Waals surface area contributed by atoms with E-state index in [1.807, 2.05) is 13.8 Å². The molecule has 0 aliphatic heterocycles. The first-order chi connectivity index (χ1) is 10.3. The Kier molecular flexibility index (Phi) is 6.83. The number of benzene rings is 1. The normalized spacial score (nSPS) is 11.3. The fraction of sp³-hybridized carbons (Fsp3) is 0.533. The molecule has 0 aliphatic carbocycles. The van der Waals surface area contributed by atoms with Crippen LogP contribution < -0.4 is 14.8 Å². The molecule has 0 unspecified atom stereocenters. The second kappa shape index (κ2) is 8.14. The van der Waals surface area contributed by atoms with Crippen LogP contribution in [0.5, 0.6) is 5.75 Å². The second-order valence-electron chi connectivity index (χ2n) is 5.05. The molecule has 0 saturated heterocycles. The van der Waals surface area contributed by atoms with E-state index in [1.165, 1.54) is 6.92 Å². The van der Waals surface area contributed by atoms with Gasteiger partial charge in [-0.3, -0.25) is 4.79 Å². The molecular weight excluding hydrogens is 304 g/mol. The van der Waals surface area contributed by atoms with Crippen LogP contribution in [-0.4, -0.2) is 34.0 Å². The van der Waals surface area contributed by atoms with Crippen LogP contribution in [0.1, 0.15) is 31.4 Å². The zero-order valence-electron chi connectivity index (χ0n) is 13.5. The van der Waals surface area contributed by atoms with Crippen LogP contribution >= 0.6 is 0 Å². The first kappa shape index (κ1) is 18.4. The van der Waals surface area contributed by atoms with Crippen LogP contribution in [0.4, 0.5) is 0 Å². The van der Waals surface area contributed by atoms with Gasteiger partial charge >= 0.3 is 0 Å². The van der Waals surface area contributed by atoms with Crippen LogP contribution in [0.25, 0.3) is 0 Å². The minimum Gasteiger partial charge on any atom is -0.494 e. The number of carbonyl (C=O) groups excluding carboxylic acids is 1. The van der Waals surface area contributed by atoms with E-state index >= 15 is 0 Å². The molecule has 1 aromatic carbocycles. The minimum absolute atomic E-state index is 0.124. The van der Waals surface area contributed by atoms with Crippen LogP contribution in [0.15, 0.2) is 17.0 Å². The monoisotopic (exact) mass is 328 g/mol. The lowest BCUT2D eigenvalue weighted by Crippen LogP contribution is -2.29. The quantitative estimate of drug-likeness (QED) is 0.708. The predicted molar refractivity (Wildman–Crippen MR) is 85.6 cm³/mol. The third-order valence-corrected chi connectivity index (χ3v) is 4.68. The Morgan fingerprint density at radius 3 is 2.45 bits per heavy atom. The standard InChI is InChI=1S/C15H24N2O4S/c1-5-21-14-9-12(3)15(10-11(14)2)22(19,20)17-8-6-7-16-13(4)18/h9-10,17H,5-8H2,1-4H3,(H,16,18). The van der Waals surface area contributed by atoms with Gasteiger partial charge in [-0.1, -0.05) is 0 Å². The van der Waals surface area contributed by atoms with Gasteiger partial charge in [-0.2, -0.15) is 0 Å². The number of nitrogens with one attached hydrogen (secondary N) is 2. The van der Waals surface area contributed by atoms with E-state index in [0.717, 1.165) is 5.56 Å². The molecule has 0 fully saturated rings. The molecule has 124 valence electrons. The van der Waals surface area contributed by atoms with E-state index in [1.54, 1.807) is 19.1 Å². The van der Waals surface area contributed by atoms with Gasteiger partial charge in [0.15, 0.2) is 0 Å². The van der Waals surface area contributed by atoms with Gasteiger partial charge in [0, 0.05) is 20.0 Å². The molecule has 1 amide bonds. The zero-order valence-corrected chi connectivity index (χ0v) is 14.3. The highest BCUT2D eigenvalue weighted by Gasteiger charge is 2.18. The second-order valence-corrected chi connectivity index (χ2v) is 6.79. The Hall–Kier alpha value is -1.60. The minimum atomic E-state index is -3.56. The third-order valence-electron chi connectivity index (χ3n) is 3.08. The van der Waals surface area contributed by atoms with Crippen molar-refractivity contribution in [2.24, 2.45) is 0 Å². The van der Waals surface area contributed by atoms with Crippen LogP contribution in [-0.2, 0) is 14.8 Å². The molecule has 0 atom stereocenters. The maximum atomic E-state index is 12.3. The van der Waals surface area contributed by atoms with Crippen molar-refractivity contribution >= 4 is 15.9 Å². The van der Waals surface area contributed by atoms with E-state index < -0.39 is 10.0 Å². The molecule has 6 nitrogen and oxygen atoms in total. The summed E-state index contributed by atoms with van der Waals surface area (Å²) >= 11 is 0. The first-order valence-electron chi connectivity index (χ1n) is 7.26. The average Bonchev–Trinajstić information content (AvgIpc) is 2.41. The molecule has 22 heavy (non-hydrogen) atoms. The van der Waals surface area contributed by atoms with Gasteiger partial charge in [0.25, 0.3) is 0 Å². The number of hydrogen-bond donors (Lipinski definition) is 2. The van der Waals surface area contributed by atoms with E-state index in [2.05, 4.69) is 10.0 Å². The highest BCUT2D eigenvalue weighted by Crippen LogP contribution is 2.25. The van der Waals surface area contributed by atoms with Gasteiger partial charge in [0.1, 0.15) is 5.75 Å². The molecular formula is C15H24N2O4S. The number of hydrogen-bond acceptors (Lipinski definition) is 4. The molecule has 1 aromatic rings. The maximum Gasteiger partial charge on any atom is 0.240 e. The van der Waals surface area contributed by atoms with Crippen LogP contribution in [0.3, 0.4) is 0 Å². The molecule has 7 heteroatoms. The summed E-state index contributed by atoms with van der Waals surface area (Å²) in [5, 5.41) is 2.62. The van der Waals surface area contributed by atoms with Gasteiger partial charge in [-0.05, 0) is 50.5 Å². The number of aryl methyl sites for hydroxylation is 2. The lowest BCUT2D eigenvalue weighted by molar-refractivity contribution is -0.118. The smallest absolute Gasteiger partial charge is 0.240 e. The average molecular weight is 328 g/mol. The summed E-state index contributed by atoms with van der Waals surface area (Å²) in [7, 11) is -3.56. The van der Waals surface area contributed by atoms with E-state index in [9.17, 15) is 13.2 Å². The Morgan fingerprint density at radius 2 is 1.86 bits per heavy atom. The van der Waals surface area contributed by atoms with Crippen molar-refractivity contribution in [2.45, 2.75) is 39.0 Å². The third kappa shape index (κ3) is 5.31. The highest BCUT2D eigenvalue weighted by molar-refractivity contribution is 7.89. The highest BCUT2D eigenvalue weighted by atomic mass is 32.2. The Morgan fingerprint density at radius 1 is 1.18 bits per heavy atom. The largest absolute Gasteiger partial charge is 0.494 e. The SMILES string of the molecule is CCOc1cc(C)c(S(=O)(=O)NCCCNC(C)=O)cc1C. The van der Waals surface area contributed by atoms with Crippen LogP contribution in [0.2, 0.25) is 0 Å². The molecule has 1 rings (SSSR count). The number of amides is 1. The van der Waals surface area contributed by atoms with E-state index in [4.69, 9.17) is 4.74 Å². The maximum absolute atomic E-state index is 12.3. The van der Waals surface area contributed by atoms with Gasteiger partial charge in [0.2, 0.25) is 15.9 Å².